The largest absolute Gasteiger partial charge is 0.488 e. The number of ether oxygens (including phenoxy) is 1. The van der Waals surface area contributed by atoms with E-state index in [1.807, 2.05) is 24.3 Å². The van der Waals surface area contributed by atoms with E-state index in [0.29, 0.717) is 5.56 Å². The number of rotatable bonds is 12. The summed E-state index contributed by atoms with van der Waals surface area (Å²) in [5.74, 6) is 0.599. The Morgan fingerprint density at radius 3 is 2.32 bits per heavy atom. The minimum atomic E-state index is -0.221. The highest BCUT2D eigenvalue weighted by molar-refractivity contribution is 5.33. The average molecular weight is 343 g/mol. The molecule has 0 aliphatic carbocycles. The molecule has 2 aromatic rings. The van der Waals surface area contributed by atoms with E-state index in [1.54, 1.807) is 12.1 Å². The van der Waals surface area contributed by atoms with Crippen LogP contribution in [0, 0.1) is 5.82 Å². The zero-order chi connectivity index (χ0) is 17.7. The molecule has 25 heavy (non-hydrogen) atoms. The summed E-state index contributed by atoms with van der Waals surface area (Å²) in [5, 5.41) is 3.49. The first-order valence-electron chi connectivity index (χ1n) is 9.46. The van der Waals surface area contributed by atoms with E-state index in [2.05, 4.69) is 18.3 Å². The first-order chi connectivity index (χ1) is 12.3. The van der Waals surface area contributed by atoms with Gasteiger partial charge in [-0.15, -0.1) is 0 Å². The van der Waals surface area contributed by atoms with Gasteiger partial charge < -0.3 is 10.1 Å². The summed E-state index contributed by atoms with van der Waals surface area (Å²) in [5.41, 5.74) is 1.70. The lowest BCUT2D eigenvalue weighted by molar-refractivity contribution is 0.296. The molecular formula is C22H30FNO. The van der Waals surface area contributed by atoms with Gasteiger partial charge in [-0.25, -0.2) is 4.39 Å². The molecule has 0 atom stereocenters. The lowest BCUT2D eigenvalue weighted by atomic mass is 10.1. The smallest absolute Gasteiger partial charge is 0.129 e. The fourth-order valence-electron chi connectivity index (χ4n) is 2.82. The van der Waals surface area contributed by atoms with Crippen molar-refractivity contribution in [1.29, 1.82) is 0 Å². The van der Waals surface area contributed by atoms with Gasteiger partial charge in [0.15, 0.2) is 0 Å². The van der Waals surface area contributed by atoms with E-state index in [-0.39, 0.29) is 12.4 Å². The maximum Gasteiger partial charge on any atom is 0.129 e. The third-order valence-electron chi connectivity index (χ3n) is 4.34. The number of hydrogen-bond acceptors (Lipinski definition) is 2. The molecule has 0 amide bonds. The summed E-state index contributed by atoms with van der Waals surface area (Å²) in [4.78, 5) is 0. The van der Waals surface area contributed by atoms with Crippen LogP contribution in [-0.2, 0) is 13.2 Å². The van der Waals surface area contributed by atoms with Crippen LogP contribution in [0.4, 0.5) is 4.39 Å². The first-order valence-corrected chi connectivity index (χ1v) is 9.46. The Hall–Kier alpha value is -1.87. The molecule has 0 saturated heterocycles. The minimum absolute atomic E-state index is 0.221. The molecule has 0 aliphatic heterocycles. The van der Waals surface area contributed by atoms with Crippen LogP contribution in [0.1, 0.15) is 56.6 Å². The van der Waals surface area contributed by atoms with Crippen molar-refractivity contribution >= 4 is 0 Å². The number of hydrogen-bond donors (Lipinski definition) is 1. The van der Waals surface area contributed by atoms with Crippen LogP contribution in [0.5, 0.6) is 5.75 Å². The fraction of sp³-hybridized carbons (Fsp3) is 0.455. The summed E-state index contributed by atoms with van der Waals surface area (Å²) in [6.45, 7) is 4.30. The third kappa shape index (κ3) is 7.27. The molecule has 0 heterocycles. The van der Waals surface area contributed by atoms with E-state index in [4.69, 9.17) is 4.74 Å². The van der Waals surface area contributed by atoms with Gasteiger partial charge in [-0.3, -0.25) is 0 Å². The molecule has 1 N–H and O–H groups in total. The highest BCUT2D eigenvalue weighted by Gasteiger charge is 2.05. The van der Waals surface area contributed by atoms with Crippen LogP contribution in [0.2, 0.25) is 0 Å². The average Bonchev–Trinajstić information content (AvgIpc) is 2.64. The van der Waals surface area contributed by atoms with E-state index >= 15 is 0 Å². The highest BCUT2D eigenvalue weighted by atomic mass is 19.1. The van der Waals surface area contributed by atoms with Crippen molar-refractivity contribution in [2.24, 2.45) is 0 Å². The van der Waals surface area contributed by atoms with Gasteiger partial charge in [0.25, 0.3) is 0 Å². The van der Waals surface area contributed by atoms with Gasteiger partial charge in [0.2, 0.25) is 0 Å². The van der Waals surface area contributed by atoms with Crippen molar-refractivity contribution in [2.45, 2.75) is 58.6 Å². The van der Waals surface area contributed by atoms with Crippen LogP contribution in [0.3, 0.4) is 0 Å². The van der Waals surface area contributed by atoms with Gasteiger partial charge >= 0.3 is 0 Å². The van der Waals surface area contributed by atoms with Gasteiger partial charge in [0.05, 0.1) is 0 Å². The molecule has 2 nitrogen and oxygen atoms in total. The highest BCUT2D eigenvalue weighted by Crippen LogP contribution is 2.20. The predicted molar refractivity (Wildman–Crippen MR) is 102 cm³/mol. The zero-order valence-electron chi connectivity index (χ0n) is 15.3. The standard InChI is InChI=1S/C22H30FNO/c1-2-3-4-5-6-11-16-24-17-19-12-8-10-15-22(19)25-18-20-13-7-9-14-21(20)23/h7-10,12-15,24H,2-6,11,16-18H2,1H3. The number of para-hydroxylation sites is 1. The molecule has 0 saturated carbocycles. The van der Waals surface area contributed by atoms with Crippen molar-refractivity contribution < 1.29 is 9.13 Å². The van der Waals surface area contributed by atoms with Gasteiger partial charge in [0, 0.05) is 17.7 Å². The molecule has 2 rings (SSSR count). The number of benzene rings is 2. The summed E-state index contributed by atoms with van der Waals surface area (Å²) in [6.07, 6.45) is 7.82. The summed E-state index contributed by atoms with van der Waals surface area (Å²) < 4.78 is 19.5. The van der Waals surface area contributed by atoms with Crippen molar-refractivity contribution in [2.75, 3.05) is 6.54 Å². The molecule has 0 aromatic heterocycles. The van der Waals surface area contributed by atoms with E-state index in [9.17, 15) is 4.39 Å². The molecule has 0 bridgehead atoms. The lowest BCUT2D eigenvalue weighted by Gasteiger charge is -2.12. The molecule has 3 heteroatoms. The molecular weight excluding hydrogens is 313 g/mol. The Morgan fingerprint density at radius 1 is 0.840 bits per heavy atom. The van der Waals surface area contributed by atoms with Crippen LogP contribution in [0.15, 0.2) is 48.5 Å². The van der Waals surface area contributed by atoms with Crippen molar-refractivity contribution in [3.8, 4) is 5.75 Å². The second-order valence-corrected chi connectivity index (χ2v) is 6.43. The summed E-state index contributed by atoms with van der Waals surface area (Å²) in [7, 11) is 0. The van der Waals surface area contributed by atoms with Crippen molar-refractivity contribution in [3.05, 3.63) is 65.5 Å². The van der Waals surface area contributed by atoms with E-state index in [1.165, 1.54) is 44.6 Å². The minimum Gasteiger partial charge on any atom is -0.488 e. The Bertz CT molecular complexity index is 614. The molecule has 0 radical (unpaired) electrons. The Balaban J connectivity index is 1.73. The second-order valence-electron chi connectivity index (χ2n) is 6.43. The Labute approximate surface area is 151 Å². The van der Waals surface area contributed by atoms with Gasteiger partial charge in [-0.1, -0.05) is 75.4 Å². The van der Waals surface area contributed by atoms with Gasteiger partial charge in [-0.05, 0) is 25.1 Å². The topological polar surface area (TPSA) is 21.3 Å². The monoisotopic (exact) mass is 343 g/mol. The summed E-state index contributed by atoms with van der Waals surface area (Å²) >= 11 is 0. The molecule has 0 spiro atoms. The maximum absolute atomic E-state index is 13.7. The number of nitrogens with one attached hydrogen (secondary N) is 1. The second kappa shape index (κ2) is 11.6. The normalized spacial score (nSPS) is 10.8. The molecule has 0 unspecified atom stereocenters. The van der Waals surface area contributed by atoms with Gasteiger partial charge in [0.1, 0.15) is 18.2 Å². The van der Waals surface area contributed by atoms with Crippen LogP contribution < -0.4 is 10.1 Å². The van der Waals surface area contributed by atoms with E-state index < -0.39 is 0 Å². The Kier molecular flexibility index (Phi) is 9.06. The van der Waals surface area contributed by atoms with Crippen molar-refractivity contribution in [1.82, 2.24) is 5.32 Å². The maximum atomic E-state index is 13.7. The SMILES string of the molecule is CCCCCCCCNCc1ccccc1OCc1ccccc1F. The quantitative estimate of drug-likeness (QED) is 0.488. The lowest BCUT2D eigenvalue weighted by Crippen LogP contribution is -2.15. The number of unbranched alkanes of at least 4 members (excludes halogenated alkanes) is 5. The summed E-state index contributed by atoms with van der Waals surface area (Å²) in [6, 6.07) is 14.7. The molecule has 0 fully saturated rings. The first kappa shape index (κ1) is 19.5. The third-order valence-corrected chi connectivity index (χ3v) is 4.34. The number of halogens is 1. The van der Waals surface area contributed by atoms with Crippen LogP contribution in [0.25, 0.3) is 0 Å². The van der Waals surface area contributed by atoms with Gasteiger partial charge in [-0.2, -0.15) is 0 Å². The Morgan fingerprint density at radius 2 is 1.52 bits per heavy atom. The van der Waals surface area contributed by atoms with Crippen molar-refractivity contribution in [3.63, 3.8) is 0 Å². The fourth-order valence-corrected chi connectivity index (χ4v) is 2.82. The molecule has 0 aliphatic rings. The van der Waals surface area contributed by atoms with E-state index in [0.717, 1.165) is 24.4 Å². The predicted octanol–water partition coefficient (Wildman–Crippen LogP) is 5.85. The zero-order valence-corrected chi connectivity index (χ0v) is 15.3. The van der Waals surface area contributed by atoms with Crippen LogP contribution >= 0.6 is 0 Å². The van der Waals surface area contributed by atoms with Crippen LogP contribution in [-0.4, -0.2) is 6.54 Å². The molecule has 2 aromatic carbocycles. The molecule has 136 valence electrons.